The number of rotatable bonds is 3. The van der Waals surface area contributed by atoms with Crippen molar-refractivity contribution in [1.29, 1.82) is 0 Å². The summed E-state index contributed by atoms with van der Waals surface area (Å²) in [6.45, 7) is 4.47. The van der Waals surface area contributed by atoms with Crippen molar-refractivity contribution in [1.82, 2.24) is 15.0 Å². The minimum Gasteiger partial charge on any atom is -0.381 e. The summed E-state index contributed by atoms with van der Waals surface area (Å²) in [6.07, 6.45) is 2.91. The molecule has 0 aliphatic carbocycles. The first-order valence-corrected chi connectivity index (χ1v) is 6.05. The van der Waals surface area contributed by atoms with Crippen molar-refractivity contribution in [2.75, 3.05) is 25.1 Å². The zero-order valence-electron chi connectivity index (χ0n) is 9.86. The number of ether oxygens (including phenoxy) is 1. The lowest BCUT2D eigenvalue weighted by atomic mass is 10.1. The minimum absolute atomic E-state index is 0.333. The quantitative estimate of drug-likeness (QED) is 0.848. The first kappa shape index (κ1) is 10.5. The van der Waals surface area contributed by atoms with Crippen molar-refractivity contribution in [2.24, 2.45) is 0 Å². The average Bonchev–Trinajstić information content (AvgIpc) is 3.00. The molecule has 5 heteroatoms. The summed E-state index contributed by atoms with van der Waals surface area (Å²) < 4.78 is 5.39. The standard InChI is InChI=1S/C12H16N4O/c1-2-13-11-9-3-5-14-12(9)16-10(15-11)8-4-6-17-7-8/h3,5,8H,2,4,6-7H2,1H3,(H2,13,14,15,16). The first-order chi connectivity index (χ1) is 8.38. The third-order valence-corrected chi connectivity index (χ3v) is 3.07. The van der Waals surface area contributed by atoms with Crippen molar-refractivity contribution in [2.45, 2.75) is 19.3 Å². The summed E-state index contributed by atoms with van der Waals surface area (Å²) in [6, 6.07) is 2.00. The Labute approximate surface area is 99.6 Å². The monoisotopic (exact) mass is 232 g/mol. The Morgan fingerprint density at radius 3 is 3.24 bits per heavy atom. The molecule has 1 fully saturated rings. The van der Waals surface area contributed by atoms with E-state index in [1.807, 2.05) is 12.3 Å². The molecule has 0 radical (unpaired) electrons. The largest absolute Gasteiger partial charge is 0.381 e. The van der Waals surface area contributed by atoms with Crippen LogP contribution in [-0.4, -0.2) is 34.7 Å². The van der Waals surface area contributed by atoms with Gasteiger partial charge in [0, 0.05) is 25.3 Å². The number of aromatic amines is 1. The molecule has 1 saturated heterocycles. The summed E-state index contributed by atoms with van der Waals surface area (Å²) in [5.74, 6) is 2.13. The van der Waals surface area contributed by atoms with Gasteiger partial charge in [-0.3, -0.25) is 0 Å². The Kier molecular flexibility index (Phi) is 2.68. The molecule has 90 valence electrons. The number of H-pyrrole nitrogens is 1. The highest BCUT2D eigenvalue weighted by Crippen LogP contribution is 2.26. The molecule has 0 aromatic carbocycles. The van der Waals surface area contributed by atoms with Gasteiger partial charge in [0.2, 0.25) is 0 Å². The number of hydrogen-bond acceptors (Lipinski definition) is 4. The van der Waals surface area contributed by atoms with Gasteiger partial charge < -0.3 is 15.0 Å². The van der Waals surface area contributed by atoms with E-state index in [9.17, 15) is 0 Å². The summed E-state index contributed by atoms with van der Waals surface area (Å²) in [4.78, 5) is 12.3. The molecule has 2 N–H and O–H groups in total. The van der Waals surface area contributed by atoms with Crippen LogP contribution < -0.4 is 5.32 Å². The van der Waals surface area contributed by atoms with Crippen LogP contribution in [0.3, 0.4) is 0 Å². The summed E-state index contributed by atoms with van der Waals surface area (Å²) in [5.41, 5.74) is 0.901. The van der Waals surface area contributed by atoms with E-state index in [-0.39, 0.29) is 0 Å². The molecule has 0 bridgehead atoms. The molecule has 0 spiro atoms. The van der Waals surface area contributed by atoms with Gasteiger partial charge in [-0.2, -0.15) is 0 Å². The molecule has 1 unspecified atom stereocenters. The highest BCUT2D eigenvalue weighted by atomic mass is 16.5. The van der Waals surface area contributed by atoms with E-state index >= 15 is 0 Å². The molecule has 3 rings (SSSR count). The van der Waals surface area contributed by atoms with E-state index < -0.39 is 0 Å². The lowest BCUT2D eigenvalue weighted by Crippen LogP contribution is -2.08. The zero-order valence-corrected chi connectivity index (χ0v) is 9.86. The molecular weight excluding hydrogens is 216 g/mol. The van der Waals surface area contributed by atoms with E-state index in [4.69, 9.17) is 4.74 Å². The summed E-state index contributed by atoms with van der Waals surface area (Å²) in [7, 11) is 0. The second kappa shape index (κ2) is 4.33. The van der Waals surface area contributed by atoms with Gasteiger partial charge in [0.25, 0.3) is 0 Å². The number of anilines is 1. The Morgan fingerprint density at radius 2 is 2.47 bits per heavy atom. The fourth-order valence-corrected chi connectivity index (χ4v) is 2.18. The normalized spacial score (nSPS) is 19.9. The Balaban J connectivity index is 2.06. The molecule has 3 heterocycles. The second-order valence-corrected chi connectivity index (χ2v) is 4.26. The van der Waals surface area contributed by atoms with Gasteiger partial charge in [-0.25, -0.2) is 9.97 Å². The number of nitrogens with zero attached hydrogens (tertiary/aromatic N) is 2. The van der Waals surface area contributed by atoms with Crippen LogP contribution in [0.4, 0.5) is 5.82 Å². The van der Waals surface area contributed by atoms with E-state index in [0.717, 1.165) is 48.9 Å². The van der Waals surface area contributed by atoms with Gasteiger partial charge in [-0.15, -0.1) is 0 Å². The van der Waals surface area contributed by atoms with E-state index in [1.54, 1.807) is 0 Å². The van der Waals surface area contributed by atoms with Crippen LogP contribution in [0.15, 0.2) is 12.3 Å². The average molecular weight is 232 g/mol. The molecular formula is C12H16N4O. The van der Waals surface area contributed by atoms with Crippen molar-refractivity contribution in [3.05, 3.63) is 18.1 Å². The number of nitrogens with one attached hydrogen (secondary N) is 2. The highest BCUT2D eigenvalue weighted by molar-refractivity contribution is 5.87. The van der Waals surface area contributed by atoms with E-state index in [1.165, 1.54) is 0 Å². The van der Waals surface area contributed by atoms with Gasteiger partial charge in [-0.1, -0.05) is 0 Å². The fourth-order valence-electron chi connectivity index (χ4n) is 2.18. The molecule has 0 saturated carbocycles. The molecule has 17 heavy (non-hydrogen) atoms. The molecule has 2 aromatic rings. The predicted molar refractivity (Wildman–Crippen MR) is 66.2 cm³/mol. The van der Waals surface area contributed by atoms with Crippen LogP contribution >= 0.6 is 0 Å². The van der Waals surface area contributed by atoms with Crippen LogP contribution in [0.25, 0.3) is 11.0 Å². The third-order valence-electron chi connectivity index (χ3n) is 3.07. The predicted octanol–water partition coefficient (Wildman–Crippen LogP) is 1.89. The summed E-state index contributed by atoms with van der Waals surface area (Å²) >= 11 is 0. The molecule has 2 aromatic heterocycles. The highest BCUT2D eigenvalue weighted by Gasteiger charge is 2.22. The van der Waals surface area contributed by atoms with Gasteiger partial charge in [-0.05, 0) is 19.4 Å². The Morgan fingerprint density at radius 1 is 1.53 bits per heavy atom. The van der Waals surface area contributed by atoms with Crippen molar-refractivity contribution in [3.8, 4) is 0 Å². The molecule has 1 aliphatic heterocycles. The lowest BCUT2D eigenvalue weighted by Gasteiger charge is -2.10. The minimum atomic E-state index is 0.333. The van der Waals surface area contributed by atoms with Crippen LogP contribution in [-0.2, 0) is 4.74 Å². The van der Waals surface area contributed by atoms with Gasteiger partial charge in [0.15, 0.2) is 0 Å². The Bertz CT molecular complexity index is 516. The van der Waals surface area contributed by atoms with Crippen molar-refractivity contribution in [3.63, 3.8) is 0 Å². The number of hydrogen-bond donors (Lipinski definition) is 2. The number of aromatic nitrogens is 3. The van der Waals surface area contributed by atoms with Crippen LogP contribution in [0.2, 0.25) is 0 Å². The van der Waals surface area contributed by atoms with E-state index in [2.05, 4.69) is 27.2 Å². The van der Waals surface area contributed by atoms with Crippen molar-refractivity contribution >= 4 is 16.9 Å². The third kappa shape index (κ3) is 1.86. The fraction of sp³-hybridized carbons (Fsp3) is 0.500. The lowest BCUT2D eigenvalue weighted by molar-refractivity contribution is 0.193. The second-order valence-electron chi connectivity index (χ2n) is 4.26. The van der Waals surface area contributed by atoms with Gasteiger partial charge in [0.05, 0.1) is 12.0 Å². The smallest absolute Gasteiger partial charge is 0.143 e. The van der Waals surface area contributed by atoms with Crippen LogP contribution in [0, 0.1) is 0 Å². The number of fused-ring (bicyclic) bond motifs is 1. The zero-order chi connectivity index (χ0) is 11.7. The maximum Gasteiger partial charge on any atom is 0.143 e. The van der Waals surface area contributed by atoms with E-state index in [0.29, 0.717) is 5.92 Å². The van der Waals surface area contributed by atoms with Crippen molar-refractivity contribution < 1.29 is 4.74 Å². The molecule has 0 amide bonds. The van der Waals surface area contributed by atoms with Crippen LogP contribution in [0.1, 0.15) is 25.1 Å². The van der Waals surface area contributed by atoms with Crippen LogP contribution in [0.5, 0.6) is 0 Å². The first-order valence-electron chi connectivity index (χ1n) is 6.05. The van der Waals surface area contributed by atoms with Gasteiger partial charge >= 0.3 is 0 Å². The molecule has 5 nitrogen and oxygen atoms in total. The SMILES string of the molecule is CCNc1nc(C2CCOC2)nc2[nH]ccc12. The molecule has 1 atom stereocenters. The summed E-state index contributed by atoms with van der Waals surface area (Å²) in [5, 5.41) is 4.34. The molecule has 1 aliphatic rings. The topological polar surface area (TPSA) is 62.8 Å². The maximum absolute atomic E-state index is 5.39. The maximum atomic E-state index is 5.39. The Hall–Kier alpha value is -1.62. The van der Waals surface area contributed by atoms with Gasteiger partial charge in [0.1, 0.15) is 17.3 Å².